The molecular formula is C52H56N4O6. The lowest BCUT2D eigenvalue weighted by Gasteiger charge is -2.36. The molecule has 4 aromatic carbocycles. The van der Waals surface area contributed by atoms with Crippen molar-refractivity contribution in [2.24, 2.45) is 0 Å². The predicted molar refractivity (Wildman–Crippen MR) is 239 cm³/mol. The third-order valence-corrected chi connectivity index (χ3v) is 12.9. The normalized spacial score (nSPS) is 20.5. The first kappa shape index (κ1) is 41.4. The van der Waals surface area contributed by atoms with Crippen molar-refractivity contribution in [3.63, 3.8) is 0 Å². The lowest BCUT2D eigenvalue weighted by molar-refractivity contribution is -0.133. The molecule has 1 aromatic heterocycles. The minimum Gasteiger partial charge on any atom is -0.496 e. The fourth-order valence-electron chi connectivity index (χ4n) is 9.91. The predicted octanol–water partition coefficient (Wildman–Crippen LogP) is 8.68. The molecule has 0 radical (unpaired) electrons. The number of ether oxygens (including phenoxy) is 3. The maximum absolute atomic E-state index is 13.5. The second-order valence-electron chi connectivity index (χ2n) is 18.2. The van der Waals surface area contributed by atoms with E-state index in [1.807, 2.05) is 12.1 Å². The van der Waals surface area contributed by atoms with Crippen LogP contribution in [0.1, 0.15) is 108 Å². The van der Waals surface area contributed by atoms with Gasteiger partial charge in [-0.05, 0) is 116 Å². The molecule has 2 aliphatic heterocycles. The maximum Gasteiger partial charge on any atom is 0.258 e. The highest BCUT2D eigenvalue weighted by Crippen LogP contribution is 2.47. The quantitative estimate of drug-likeness (QED) is 0.121. The van der Waals surface area contributed by atoms with Gasteiger partial charge in [0, 0.05) is 63.4 Å². The molecule has 0 spiro atoms. The smallest absolute Gasteiger partial charge is 0.258 e. The molecule has 5 aromatic rings. The van der Waals surface area contributed by atoms with Crippen LogP contribution in [0.15, 0.2) is 103 Å². The molecule has 10 nitrogen and oxygen atoms in total. The molecular weight excluding hydrogens is 777 g/mol. The van der Waals surface area contributed by atoms with Gasteiger partial charge in [0.2, 0.25) is 0 Å². The third kappa shape index (κ3) is 8.84. The number of piperazine rings is 1. The molecule has 1 amide bonds. The molecule has 3 atom stereocenters. The van der Waals surface area contributed by atoms with Crippen LogP contribution in [0.2, 0.25) is 0 Å². The number of methoxy groups -OCH3 is 1. The second-order valence-corrected chi connectivity index (χ2v) is 18.2. The number of aromatic nitrogens is 1. The number of rotatable bonds is 11. The van der Waals surface area contributed by atoms with Gasteiger partial charge in [0.15, 0.2) is 5.78 Å². The summed E-state index contributed by atoms with van der Waals surface area (Å²) in [5.74, 6) is 2.45. The van der Waals surface area contributed by atoms with Crippen molar-refractivity contribution >= 4 is 23.2 Å². The van der Waals surface area contributed by atoms with E-state index < -0.39 is 6.04 Å². The Morgan fingerprint density at radius 2 is 1.50 bits per heavy atom. The van der Waals surface area contributed by atoms with E-state index in [2.05, 4.69) is 122 Å². The van der Waals surface area contributed by atoms with Gasteiger partial charge in [-0.15, -0.1) is 0 Å². The van der Waals surface area contributed by atoms with Crippen LogP contribution in [0, 0.1) is 0 Å². The first-order valence-corrected chi connectivity index (χ1v) is 22.1. The molecule has 1 unspecified atom stereocenters. The van der Waals surface area contributed by atoms with Gasteiger partial charge in [0.1, 0.15) is 35.2 Å². The van der Waals surface area contributed by atoms with Gasteiger partial charge in [-0.2, -0.15) is 0 Å². The Morgan fingerprint density at radius 3 is 2.24 bits per heavy atom. The summed E-state index contributed by atoms with van der Waals surface area (Å²) < 4.78 is 18.3. The lowest BCUT2D eigenvalue weighted by Crippen LogP contribution is -2.46. The molecule has 0 N–H and O–H groups in total. The Bertz CT molecular complexity index is 2450. The van der Waals surface area contributed by atoms with Gasteiger partial charge in [0.25, 0.3) is 5.91 Å². The molecule has 3 heterocycles. The number of pyridine rings is 1. The van der Waals surface area contributed by atoms with E-state index in [-0.39, 0.29) is 35.4 Å². The van der Waals surface area contributed by atoms with Gasteiger partial charge in [-0.3, -0.25) is 24.3 Å². The number of ketones is 2. The summed E-state index contributed by atoms with van der Waals surface area (Å²) in [6.45, 7) is 11.1. The van der Waals surface area contributed by atoms with E-state index in [0.29, 0.717) is 43.2 Å². The number of nitrogens with zero attached hydrogens (tertiary/aromatic N) is 4. The first-order chi connectivity index (χ1) is 30.0. The van der Waals surface area contributed by atoms with E-state index >= 15 is 0 Å². The van der Waals surface area contributed by atoms with Crippen molar-refractivity contribution in [2.45, 2.75) is 96.1 Å². The Hall–Kier alpha value is -6.00. The van der Waals surface area contributed by atoms with Crippen LogP contribution in [-0.2, 0) is 35.7 Å². The number of carbonyl (C=O) groups excluding carboxylic acids is 3. The highest BCUT2D eigenvalue weighted by atomic mass is 16.5. The van der Waals surface area contributed by atoms with Crippen LogP contribution >= 0.6 is 0 Å². The summed E-state index contributed by atoms with van der Waals surface area (Å²) in [4.78, 5) is 49.4. The molecule has 9 rings (SSSR count). The number of amides is 1. The average molecular weight is 833 g/mol. The third-order valence-electron chi connectivity index (χ3n) is 12.9. The number of hydrogen-bond acceptors (Lipinski definition) is 9. The van der Waals surface area contributed by atoms with Gasteiger partial charge in [-0.1, -0.05) is 54.6 Å². The van der Waals surface area contributed by atoms with Gasteiger partial charge < -0.3 is 24.0 Å². The van der Waals surface area contributed by atoms with Gasteiger partial charge in [-0.25, -0.2) is 0 Å². The van der Waals surface area contributed by atoms with Crippen molar-refractivity contribution in [3.05, 3.63) is 148 Å². The van der Waals surface area contributed by atoms with E-state index in [0.717, 1.165) is 79.7 Å². The van der Waals surface area contributed by atoms with Crippen LogP contribution in [0.3, 0.4) is 0 Å². The summed E-state index contributed by atoms with van der Waals surface area (Å²) in [6.07, 6.45) is 2.71. The van der Waals surface area contributed by atoms with Crippen LogP contribution in [0.5, 0.6) is 17.2 Å². The van der Waals surface area contributed by atoms with E-state index in [4.69, 9.17) is 19.2 Å². The van der Waals surface area contributed by atoms with E-state index in [1.54, 1.807) is 12.0 Å². The van der Waals surface area contributed by atoms with Crippen molar-refractivity contribution in [1.82, 2.24) is 14.8 Å². The zero-order valence-corrected chi connectivity index (χ0v) is 36.3. The topological polar surface area (TPSA) is 102 Å². The number of hydrogen-bond donors (Lipinski definition) is 0. The van der Waals surface area contributed by atoms with Crippen molar-refractivity contribution in [1.29, 1.82) is 0 Å². The van der Waals surface area contributed by atoms with Crippen LogP contribution < -0.4 is 19.1 Å². The number of benzene rings is 4. The highest BCUT2D eigenvalue weighted by molar-refractivity contribution is 6.08. The Morgan fingerprint density at radius 1 is 0.742 bits per heavy atom. The lowest BCUT2D eigenvalue weighted by atomic mass is 9.69. The SMILES string of the molecule is COc1cc(N2CCN(Cc3cccc(COc4ccc([C@@H]5c6ccc(OC(C)(C)C)cc6CC[C@@H]5c5ccccc5)cc4)n3)CC2)cc2c1C(=O)N(C1CCC(=O)CC1=O)C2. The maximum atomic E-state index is 13.5. The molecule has 0 bridgehead atoms. The molecule has 320 valence electrons. The summed E-state index contributed by atoms with van der Waals surface area (Å²) in [5, 5.41) is 0. The number of Topliss-reactive ketones (excluding diaryl/α,β-unsaturated/α-hetero) is 2. The fraction of sp³-hybridized carbons (Fsp3) is 0.385. The minimum atomic E-state index is -0.557. The monoisotopic (exact) mass is 832 g/mol. The van der Waals surface area contributed by atoms with Gasteiger partial charge in [0.05, 0.1) is 36.5 Å². The molecule has 4 aliphatic rings. The minimum absolute atomic E-state index is 0.0504. The standard InChI is InChI=1S/C52H56N4O6/c1-52(2,3)62-43-19-21-45-36(28-43)15-20-44(34-9-6-5-7-10-34)49(45)35-13-17-42(18-14-35)61-33-39-12-8-11-38(53-39)32-54-23-25-55(26-24-54)40-27-37-31-56(46-22-16-41(57)30-47(46)58)51(59)50(37)48(29-40)60-4/h5-14,17-19,21,27-29,44,46,49H,15-16,20,22-26,30-33H2,1-4H3/t44-,46?,49+/m1/s1. The van der Waals surface area contributed by atoms with Crippen LogP contribution in [-0.4, -0.2) is 77.2 Å². The number of carbonyl (C=O) groups is 3. The zero-order chi connectivity index (χ0) is 43.0. The van der Waals surface area contributed by atoms with Crippen molar-refractivity contribution in [3.8, 4) is 17.2 Å². The summed E-state index contributed by atoms with van der Waals surface area (Å²) in [5.41, 5.74) is 9.41. The Kier molecular flexibility index (Phi) is 11.6. The van der Waals surface area contributed by atoms with E-state index in [9.17, 15) is 14.4 Å². The molecule has 10 heteroatoms. The summed E-state index contributed by atoms with van der Waals surface area (Å²) in [7, 11) is 1.58. The Balaban J connectivity index is 0.818. The molecule has 1 saturated carbocycles. The largest absolute Gasteiger partial charge is 0.496 e. The average Bonchev–Trinajstić information content (AvgIpc) is 3.60. The van der Waals surface area contributed by atoms with Crippen molar-refractivity contribution < 1.29 is 28.6 Å². The number of fused-ring (bicyclic) bond motifs is 2. The zero-order valence-electron chi connectivity index (χ0n) is 36.3. The van der Waals surface area contributed by atoms with Crippen LogP contribution in [0.4, 0.5) is 5.69 Å². The molecule has 1 saturated heterocycles. The molecule has 2 aliphatic carbocycles. The van der Waals surface area contributed by atoms with E-state index in [1.165, 1.54) is 22.3 Å². The first-order valence-electron chi connectivity index (χ1n) is 22.1. The summed E-state index contributed by atoms with van der Waals surface area (Å²) in [6, 6.07) is 35.8. The Labute approximate surface area is 364 Å². The summed E-state index contributed by atoms with van der Waals surface area (Å²) >= 11 is 0. The second kappa shape index (κ2) is 17.4. The number of aryl methyl sites for hydroxylation is 1. The highest BCUT2D eigenvalue weighted by Gasteiger charge is 2.41. The molecule has 62 heavy (non-hydrogen) atoms. The molecule has 2 fully saturated rings. The fourth-order valence-corrected chi connectivity index (χ4v) is 9.91. The van der Waals surface area contributed by atoms with Gasteiger partial charge >= 0.3 is 0 Å². The van der Waals surface area contributed by atoms with Crippen LogP contribution in [0.25, 0.3) is 0 Å². The number of anilines is 1. The van der Waals surface area contributed by atoms with Crippen molar-refractivity contribution in [2.75, 3.05) is 38.2 Å².